The van der Waals surface area contributed by atoms with Crippen molar-refractivity contribution in [3.63, 3.8) is 0 Å². The van der Waals surface area contributed by atoms with Gasteiger partial charge >= 0.3 is 0 Å². The van der Waals surface area contributed by atoms with E-state index < -0.39 is 0 Å². The SMILES string of the molecule is Cc1cc2cc(C(=O)N(Cc3ccc(C4CC4)cn3)Cc3cnccn3)ccc2nc1N. The van der Waals surface area contributed by atoms with Gasteiger partial charge in [-0.2, -0.15) is 0 Å². The number of nitrogens with zero attached hydrogens (tertiary/aromatic N) is 5. The summed E-state index contributed by atoms with van der Waals surface area (Å²) in [6.45, 7) is 2.64. The van der Waals surface area contributed by atoms with E-state index in [1.54, 1.807) is 29.6 Å². The number of pyridine rings is 2. The molecule has 1 fully saturated rings. The zero-order valence-electron chi connectivity index (χ0n) is 17.9. The second kappa shape index (κ2) is 8.34. The van der Waals surface area contributed by atoms with Gasteiger partial charge in [0.15, 0.2) is 0 Å². The molecular weight excluding hydrogens is 400 g/mol. The Labute approximate surface area is 186 Å². The number of rotatable bonds is 6. The number of hydrogen-bond acceptors (Lipinski definition) is 6. The van der Waals surface area contributed by atoms with Crippen LogP contribution in [0.2, 0.25) is 0 Å². The van der Waals surface area contributed by atoms with Gasteiger partial charge in [-0.05, 0) is 67.1 Å². The largest absolute Gasteiger partial charge is 0.383 e. The Morgan fingerprint density at radius 1 is 1.03 bits per heavy atom. The number of nitrogens with two attached hydrogens (primary N) is 1. The Hall–Kier alpha value is -3.87. The predicted octanol–water partition coefficient (Wildman–Crippen LogP) is 4.03. The molecule has 0 unspecified atom stereocenters. The minimum atomic E-state index is -0.0971. The van der Waals surface area contributed by atoms with Crippen LogP contribution in [0.1, 0.15) is 51.6 Å². The first-order valence-electron chi connectivity index (χ1n) is 10.7. The van der Waals surface area contributed by atoms with Gasteiger partial charge in [-0.25, -0.2) is 4.98 Å². The topological polar surface area (TPSA) is 97.9 Å². The summed E-state index contributed by atoms with van der Waals surface area (Å²) >= 11 is 0. The summed E-state index contributed by atoms with van der Waals surface area (Å²) in [7, 11) is 0. The van der Waals surface area contributed by atoms with Crippen LogP contribution in [0.15, 0.2) is 61.2 Å². The maximum absolute atomic E-state index is 13.5. The lowest BCUT2D eigenvalue weighted by Crippen LogP contribution is -2.31. The molecule has 7 nitrogen and oxygen atoms in total. The number of carbonyl (C=O) groups is 1. The minimum absolute atomic E-state index is 0.0971. The number of nitrogen functional groups attached to an aromatic ring is 1. The number of hydrogen-bond donors (Lipinski definition) is 1. The molecular formula is C25H24N6O. The molecule has 3 aromatic heterocycles. The molecule has 1 aliphatic carbocycles. The van der Waals surface area contributed by atoms with E-state index in [0.717, 1.165) is 27.9 Å². The Kier molecular flexibility index (Phi) is 5.23. The number of aromatic nitrogens is 4. The third-order valence-corrected chi connectivity index (χ3v) is 5.80. The minimum Gasteiger partial charge on any atom is -0.383 e. The zero-order chi connectivity index (χ0) is 22.1. The summed E-state index contributed by atoms with van der Waals surface area (Å²) in [5.74, 6) is 1.05. The van der Waals surface area contributed by atoms with Crippen LogP contribution < -0.4 is 5.73 Å². The van der Waals surface area contributed by atoms with E-state index in [1.165, 1.54) is 18.4 Å². The monoisotopic (exact) mass is 424 g/mol. The molecule has 7 heteroatoms. The van der Waals surface area contributed by atoms with Gasteiger partial charge < -0.3 is 10.6 Å². The van der Waals surface area contributed by atoms with Crippen LogP contribution in [0.25, 0.3) is 10.9 Å². The molecule has 1 amide bonds. The van der Waals surface area contributed by atoms with Gasteiger partial charge in [0.2, 0.25) is 0 Å². The number of anilines is 1. The van der Waals surface area contributed by atoms with Gasteiger partial charge in [-0.1, -0.05) is 6.07 Å². The van der Waals surface area contributed by atoms with E-state index in [2.05, 4.69) is 26.0 Å². The zero-order valence-corrected chi connectivity index (χ0v) is 17.9. The van der Waals surface area contributed by atoms with Crippen molar-refractivity contribution in [3.05, 3.63) is 89.3 Å². The van der Waals surface area contributed by atoms with Crippen molar-refractivity contribution < 1.29 is 4.79 Å². The highest BCUT2D eigenvalue weighted by Crippen LogP contribution is 2.39. The van der Waals surface area contributed by atoms with E-state index in [9.17, 15) is 4.79 Å². The van der Waals surface area contributed by atoms with Gasteiger partial charge in [-0.15, -0.1) is 0 Å². The van der Waals surface area contributed by atoms with Crippen molar-refractivity contribution in [3.8, 4) is 0 Å². The highest BCUT2D eigenvalue weighted by atomic mass is 16.2. The lowest BCUT2D eigenvalue weighted by molar-refractivity contribution is 0.0725. The maximum Gasteiger partial charge on any atom is 0.254 e. The summed E-state index contributed by atoms with van der Waals surface area (Å²) in [5, 5.41) is 0.883. The van der Waals surface area contributed by atoms with Crippen LogP contribution in [0, 0.1) is 6.92 Å². The molecule has 1 aromatic carbocycles. The first-order valence-corrected chi connectivity index (χ1v) is 10.7. The predicted molar refractivity (Wildman–Crippen MR) is 123 cm³/mol. The fourth-order valence-corrected chi connectivity index (χ4v) is 3.80. The molecule has 0 spiro atoms. The van der Waals surface area contributed by atoms with Crippen LogP contribution in [0.3, 0.4) is 0 Å². The highest BCUT2D eigenvalue weighted by Gasteiger charge is 2.24. The summed E-state index contributed by atoms with van der Waals surface area (Å²) < 4.78 is 0. The van der Waals surface area contributed by atoms with Gasteiger partial charge in [0.1, 0.15) is 5.82 Å². The summed E-state index contributed by atoms with van der Waals surface area (Å²) in [6, 6.07) is 11.6. The van der Waals surface area contributed by atoms with Crippen molar-refractivity contribution in [2.45, 2.75) is 38.8 Å². The van der Waals surface area contributed by atoms with Crippen molar-refractivity contribution in [2.75, 3.05) is 5.73 Å². The van der Waals surface area contributed by atoms with Crippen LogP contribution in [-0.2, 0) is 13.1 Å². The molecule has 0 aliphatic heterocycles. The molecule has 1 saturated carbocycles. The summed E-state index contributed by atoms with van der Waals surface area (Å²) in [4.78, 5) is 32.8. The number of aryl methyl sites for hydroxylation is 1. The maximum atomic E-state index is 13.5. The summed E-state index contributed by atoms with van der Waals surface area (Å²) in [5.41, 5.74) is 11.0. The molecule has 160 valence electrons. The average Bonchev–Trinajstić information content (AvgIpc) is 3.65. The van der Waals surface area contributed by atoms with E-state index >= 15 is 0 Å². The average molecular weight is 425 g/mol. The van der Waals surface area contributed by atoms with Crippen LogP contribution in [-0.4, -0.2) is 30.7 Å². The van der Waals surface area contributed by atoms with Crippen molar-refractivity contribution in [1.29, 1.82) is 0 Å². The molecule has 1 aliphatic rings. The smallest absolute Gasteiger partial charge is 0.254 e. The van der Waals surface area contributed by atoms with Gasteiger partial charge in [0, 0.05) is 29.5 Å². The molecule has 0 saturated heterocycles. The summed E-state index contributed by atoms with van der Waals surface area (Å²) in [6.07, 6.45) is 9.35. The molecule has 0 bridgehead atoms. The molecule has 4 aromatic rings. The van der Waals surface area contributed by atoms with E-state index in [-0.39, 0.29) is 5.91 Å². The lowest BCUT2D eigenvalue weighted by Gasteiger charge is -2.22. The Bertz CT molecular complexity index is 1270. The van der Waals surface area contributed by atoms with Crippen molar-refractivity contribution in [1.82, 2.24) is 24.8 Å². The Morgan fingerprint density at radius 3 is 2.59 bits per heavy atom. The molecule has 32 heavy (non-hydrogen) atoms. The number of amides is 1. The van der Waals surface area contributed by atoms with Gasteiger partial charge in [-0.3, -0.25) is 19.7 Å². The van der Waals surface area contributed by atoms with Crippen molar-refractivity contribution >= 4 is 22.6 Å². The first-order chi connectivity index (χ1) is 15.6. The van der Waals surface area contributed by atoms with Crippen LogP contribution in [0.5, 0.6) is 0 Å². The molecule has 3 heterocycles. The number of carbonyl (C=O) groups excluding carboxylic acids is 1. The van der Waals surface area contributed by atoms with Crippen molar-refractivity contribution in [2.24, 2.45) is 0 Å². The number of benzene rings is 1. The van der Waals surface area contributed by atoms with Gasteiger partial charge in [0.25, 0.3) is 5.91 Å². The lowest BCUT2D eigenvalue weighted by atomic mass is 10.1. The third kappa shape index (κ3) is 4.27. The van der Waals surface area contributed by atoms with Crippen LogP contribution >= 0.6 is 0 Å². The van der Waals surface area contributed by atoms with Crippen LogP contribution in [0.4, 0.5) is 5.82 Å². The second-order valence-corrected chi connectivity index (χ2v) is 8.31. The molecule has 0 atom stereocenters. The molecule has 5 rings (SSSR count). The quantitative estimate of drug-likeness (QED) is 0.502. The molecule has 2 N–H and O–H groups in total. The van der Waals surface area contributed by atoms with E-state index in [0.29, 0.717) is 30.4 Å². The fourth-order valence-electron chi connectivity index (χ4n) is 3.80. The van der Waals surface area contributed by atoms with E-state index in [4.69, 9.17) is 5.73 Å². The third-order valence-electron chi connectivity index (χ3n) is 5.80. The Morgan fingerprint density at radius 2 is 1.88 bits per heavy atom. The molecule has 0 radical (unpaired) electrons. The Balaban J connectivity index is 1.45. The number of fused-ring (bicyclic) bond motifs is 1. The first kappa shape index (κ1) is 20.1. The van der Waals surface area contributed by atoms with Gasteiger partial charge in [0.05, 0.1) is 36.2 Å². The van der Waals surface area contributed by atoms with E-state index in [1.807, 2.05) is 37.4 Å². The normalized spacial score (nSPS) is 13.3. The second-order valence-electron chi connectivity index (χ2n) is 8.31. The standard InChI is InChI=1S/C25H24N6O/c1-16-10-20-11-18(5-7-23(20)30-24(16)26)25(32)31(15-22-13-27-8-9-28-22)14-21-6-4-19(12-29-21)17-2-3-17/h4-13,17H,2-3,14-15H2,1H3,(H2,26,30). The fraction of sp³-hybridized carbons (Fsp3) is 0.240. The highest BCUT2D eigenvalue weighted by molar-refractivity contribution is 5.98.